The Kier molecular flexibility index (Phi) is 3.04. The molecule has 0 aromatic heterocycles. The Morgan fingerprint density at radius 3 is 2.88 bits per heavy atom. The van der Waals surface area contributed by atoms with Crippen LogP contribution in [-0.2, 0) is 4.74 Å². The standard InChI is InChI=1S/C14H19NO2/c15-14(10-5-7-16-9-10)12-6-8-17-13-4-2-1-3-11(12)13/h1-4,10,12,14H,5-9,15H2. The first-order valence-electron chi connectivity index (χ1n) is 6.41. The fourth-order valence-electron chi connectivity index (χ4n) is 2.95. The molecule has 0 radical (unpaired) electrons. The molecule has 2 heterocycles. The third-order valence-corrected chi connectivity index (χ3v) is 3.98. The smallest absolute Gasteiger partial charge is 0.122 e. The quantitative estimate of drug-likeness (QED) is 0.848. The molecule has 1 saturated heterocycles. The van der Waals surface area contributed by atoms with Gasteiger partial charge in [0.2, 0.25) is 0 Å². The van der Waals surface area contributed by atoms with Gasteiger partial charge in [0.1, 0.15) is 5.75 Å². The van der Waals surface area contributed by atoms with Gasteiger partial charge in [-0.2, -0.15) is 0 Å². The highest BCUT2D eigenvalue weighted by molar-refractivity contribution is 5.38. The van der Waals surface area contributed by atoms with Crippen LogP contribution < -0.4 is 10.5 Å². The van der Waals surface area contributed by atoms with Crippen molar-refractivity contribution in [2.24, 2.45) is 11.7 Å². The van der Waals surface area contributed by atoms with E-state index in [0.29, 0.717) is 11.8 Å². The van der Waals surface area contributed by atoms with Crippen LogP contribution in [0.3, 0.4) is 0 Å². The molecule has 92 valence electrons. The van der Waals surface area contributed by atoms with E-state index in [0.717, 1.165) is 38.4 Å². The molecule has 17 heavy (non-hydrogen) atoms. The molecule has 3 rings (SSSR count). The number of rotatable bonds is 2. The highest BCUT2D eigenvalue weighted by atomic mass is 16.5. The summed E-state index contributed by atoms with van der Waals surface area (Å²) in [5.74, 6) is 1.94. The van der Waals surface area contributed by atoms with Crippen LogP contribution >= 0.6 is 0 Å². The number of hydrogen-bond donors (Lipinski definition) is 1. The summed E-state index contributed by atoms with van der Waals surface area (Å²) < 4.78 is 11.1. The Labute approximate surface area is 102 Å². The van der Waals surface area contributed by atoms with Crippen LogP contribution in [0.1, 0.15) is 24.3 Å². The van der Waals surface area contributed by atoms with Gasteiger partial charge in [-0.3, -0.25) is 0 Å². The first-order valence-corrected chi connectivity index (χ1v) is 6.41. The number of benzene rings is 1. The van der Waals surface area contributed by atoms with Crippen LogP contribution in [0.25, 0.3) is 0 Å². The highest BCUT2D eigenvalue weighted by Gasteiger charge is 2.33. The molecule has 2 aliphatic heterocycles. The minimum Gasteiger partial charge on any atom is -0.493 e. The Morgan fingerprint density at radius 1 is 1.18 bits per heavy atom. The molecule has 3 unspecified atom stereocenters. The molecule has 1 fully saturated rings. The predicted molar refractivity (Wildman–Crippen MR) is 66.2 cm³/mol. The molecule has 3 heteroatoms. The van der Waals surface area contributed by atoms with Crippen LogP contribution in [-0.4, -0.2) is 25.9 Å². The van der Waals surface area contributed by atoms with Crippen molar-refractivity contribution in [3.8, 4) is 5.75 Å². The molecule has 0 spiro atoms. The summed E-state index contributed by atoms with van der Waals surface area (Å²) in [7, 11) is 0. The van der Waals surface area contributed by atoms with Crippen molar-refractivity contribution < 1.29 is 9.47 Å². The highest BCUT2D eigenvalue weighted by Crippen LogP contribution is 2.38. The van der Waals surface area contributed by atoms with Gasteiger partial charge < -0.3 is 15.2 Å². The van der Waals surface area contributed by atoms with Gasteiger partial charge in [-0.05, 0) is 24.5 Å². The van der Waals surface area contributed by atoms with E-state index in [-0.39, 0.29) is 6.04 Å². The number of para-hydroxylation sites is 1. The summed E-state index contributed by atoms with van der Waals surface area (Å²) in [6.45, 7) is 2.47. The molecular weight excluding hydrogens is 214 g/mol. The fraction of sp³-hybridized carbons (Fsp3) is 0.571. The van der Waals surface area contributed by atoms with E-state index >= 15 is 0 Å². The predicted octanol–water partition coefficient (Wildman–Crippen LogP) is 1.92. The van der Waals surface area contributed by atoms with Gasteiger partial charge in [-0.1, -0.05) is 18.2 Å². The third kappa shape index (κ3) is 2.05. The topological polar surface area (TPSA) is 44.5 Å². The second kappa shape index (κ2) is 4.67. The second-order valence-corrected chi connectivity index (χ2v) is 4.98. The third-order valence-electron chi connectivity index (χ3n) is 3.98. The van der Waals surface area contributed by atoms with E-state index in [2.05, 4.69) is 12.1 Å². The summed E-state index contributed by atoms with van der Waals surface area (Å²) >= 11 is 0. The number of fused-ring (bicyclic) bond motifs is 1. The Bertz CT molecular complexity index is 388. The lowest BCUT2D eigenvalue weighted by molar-refractivity contribution is 0.172. The zero-order chi connectivity index (χ0) is 11.7. The van der Waals surface area contributed by atoms with E-state index in [1.807, 2.05) is 12.1 Å². The Hall–Kier alpha value is -1.06. The van der Waals surface area contributed by atoms with E-state index in [9.17, 15) is 0 Å². The van der Waals surface area contributed by atoms with Crippen LogP contribution in [0.5, 0.6) is 5.75 Å². The average Bonchev–Trinajstić information content (AvgIpc) is 2.91. The summed E-state index contributed by atoms with van der Waals surface area (Å²) in [5, 5.41) is 0. The number of nitrogens with two attached hydrogens (primary N) is 1. The SMILES string of the molecule is NC(C1CCOC1)C1CCOc2ccccc21. The van der Waals surface area contributed by atoms with Crippen molar-refractivity contribution in [3.63, 3.8) is 0 Å². The molecule has 0 amide bonds. The van der Waals surface area contributed by atoms with Gasteiger partial charge in [0, 0.05) is 24.5 Å². The zero-order valence-electron chi connectivity index (χ0n) is 9.97. The Balaban J connectivity index is 1.84. The molecule has 1 aromatic rings. The Morgan fingerprint density at radius 2 is 2.06 bits per heavy atom. The lowest BCUT2D eigenvalue weighted by Crippen LogP contribution is -2.38. The van der Waals surface area contributed by atoms with Crippen molar-refractivity contribution in [2.45, 2.75) is 24.8 Å². The van der Waals surface area contributed by atoms with Gasteiger partial charge >= 0.3 is 0 Å². The molecule has 3 atom stereocenters. The van der Waals surface area contributed by atoms with Crippen LogP contribution in [0.2, 0.25) is 0 Å². The van der Waals surface area contributed by atoms with Gasteiger partial charge in [0.25, 0.3) is 0 Å². The molecule has 2 N–H and O–H groups in total. The lowest BCUT2D eigenvalue weighted by Gasteiger charge is -2.32. The summed E-state index contributed by atoms with van der Waals surface area (Å²) in [6, 6.07) is 8.47. The average molecular weight is 233 g/mol. The van der Waals surface area contributed by atoms with Crippen molar-refractivity contribution in [1.29, 1.82) is 0 Å². The summed E-state index contributed by atoms with van der Waals surface area (Å²) in [5.41, 5.74) is 7.71. The zero-order valence-corrected chi connectivity index (χ0v) is 9.97. The van der Waals surface area contributed by atoms with Crippen LogP contribution in [0.4, 0.5) is 0 Å². The maximum atomic E-state index is 6.43. The summed E-state index contributed by atoms with van der Waals surface area (Å²) in [4.78, 5) is 0. The van der Waals surface area contributed by atoms with Gasteiger partial charge in [0.15, 0.2) is 0 Å². The molecule has 0 bridgehead atoms. The minimum atomic E-state index is 0.197. The van der Waals surface area contributed by atoms with E-state index in [4.69, 9.17) is 15.2 Å². The van der Waals surface area contributed by atoms with Gasteiger partial charge in [0.05, 0.1) is 13.2 Å². The normalized spacial score (nSPS) is 29.5. The van der Waals surface area contributed by atoms with Gasteiger partial charge in [-0.15, -0.1) is 0 Å². The van der Waals surface area contributed by atoms with Crippen molar-refractivity contribution >= 4 is 0 Å². The lowest BCUT2D eigenvalue weighted by atomic mass is 9.80. The second-order valence-electron chi connectivity index (χ2n) is 4.98. The number of ether oxygens (including phenoxy) is 2. The van der Waals surface area contributed by atoms with Crippen molar-refractivity contribution in [1.82, 2.24) is 0 Å². The molecule has 0 aliphatic carbocycles. The first kappa shape index (κ1) is 11.1. The van der Waals surface area contributed by atoms with E-state index < -0.39 is 0 Å². The van der Waals surface area contributed by atoms with Crippen molar-refractivity contribution in [2.75, 3.05) is 19.8 Å². The molecule has 3 nitrogen and oxygen atoms in total. The van der Waals surface area contributed by atoms with Crippen LogP contribution in [0, 0.1) is 5.92 Å². The molecule has 0 saturated carbocycles. The maximum absolute atomic E-state index is 6.43. The monoisotopic (exact) mass is 233 g/mol. The largest absolute Gasteiger partial charge is 0.493 e. The van der Waals surface area contributed by atoms with Crippen LogP contribution in [0.15, 0.2) is 24.3 Å². The van der Waals surface area contributed by atoms with E-state index in [1.54, 1.807) is 0 Å². The molecule has 1 aromatic carbocycles. The maximum Gasteiger partial charge on any atom is 0.122 e. The van der Waals surface area contributed by atoms with Crippen molar-refractivity contribution in [3.05, 3.63) is 29.8 Å². The number of hydrogen-bond acceptors (Lipinski definition) is 3. The minimum absolute atomic E-state index is 0.197. The van der Waals surface area contributed by atoms with E-state index in [1.165, 1.54) is 5.56 Å². The van der Waals surface area contributed by atoms with Gasteiger partial charge in [-0.25, -0.2) is 0 Å². The first-order chi connectivity index (χ1) is 8.36. The molecular formula is C14H19NO2. The summed E-state index contributed by atoms with van der Waals surface area (Å²) in [6.07, 6.45) is 2.12. The molecule has 2 aliphatic rings. The fourth-order valence-corrected chi connectivity index (χ4v) is 2.95.